The first-order chi connectivity index (χ1) is 17.2. The fourth-order valence-electron chi connectivity index (χ4n) is 5.23. The molecule has 9 nitrogen and oxygen atoms in total. The minimum atomic E-state index is -0.773. The number of hydrogen-bond donors (Lipinski definition) is 2. The van der Waals surface area contributed by atoms with E-state index in [0.29, 0.717) is 12.5 Å². The Morgan fingerprint density at radius 1 is 1.00 bits per heavy atom. The lowest BCUT2D eigenvalue weighted by Crippen LogP contribution is -2.46. The van der Waals surface area contributed by atoms with Gasteiger partial charge in [0.1, 0.15) is 0 Å². The predicted octanol–water partition coefficient (Wildman–Crippen LogP) is 2.84. The summed E-state index contributed by atoms with van der Waals surface area (Å²) in [5, 5.41) is 2.56. The lowest BCUT2D eigenvalue weighted by atomic mass is 9.85. The molecule has 2 aliphatic heterocycles. The van der Waals surface area contributed by atoms with Crippen molar-refractivity contribution in [3.63, 3.8) is 0 Å². The molecule has 2 aliphatic rings. The molecule has 2 aromatic rings. The predicted molar refractivity (Wildman–Crippen MR) is 135 cm³/mol. The van der Waals surface area contributed by atoms with Crippen molar-refractivity contribution < 1.29 is 19.2 Å². The van der Waals surface area contributed by atoms with Crippen molar-refractivity contribution in [2.24, 2.45) is 11.7 Å². The average Bonchev–Trinajstić information content (AvgIpc) is 2.88. The lowest BCUT2D eigenvalue weighted by molar-refractivity contribution is -0.146. The summed E-state index contributed by atoms with van der Waals surface area (Å²) in [5.74, 6) is -1.30. The second kappa shape index (κ2) is 10.9. The van der Waals surface area contributed by atoms with Gasteiger partial charge in [-0.3, -0.25) is 24.2 Å². The van der Waals surface area contributed by atoms with E-state index in [1.807, 2.05) is 17.0 Å². The highest BCUT2D eigenvalue weighted by molar-refractivity contribution is 6.39. The van der Waals surface area contributed by atoms with Crippen molar-refractivity contribution in [2.75, 3.05) is 25.0 Å². The summed E-state index contributed by atoms with van der Waals surface area (Å²) in [6.45, 7) is 5.67. The van der Waals surface area contributed by atoms with Crippen molar-refractivity contribution in [3.05, 3.63) is 59.4 Å². The van der Waals surface area contributed by atoms with Crippen LogP contribution in [0.2, 0.25) is 0 Å². The Morgan fingerprint density at radius 2 is 1.72 bits per heavy atom. The largest absolute Gasteiger partial charge is 0.366 e. The van der Waals surface area contributed by atoms with E-state index in [9.17, 15) is 19.2 Å². The topological polar surface area (TPSA) is 126 Å². The maximum Gasteiger partial charge on any atom is 0.313 e. The van der Waals surface area contributed by atoms with Gasteiger partial charge in [-0.1, -0.05) is 31.2 Å². The van der Waals surface area contributed by atoms with Gasteiger partial charge < -0.3 is 20.9 Å². The molecule has 3 N–H and O–H groups in total. The molecule has 9 heteroatoms. The summed E-state index contributed by atoms with van der Waals surface area (Å²) in [6, 6.07) is 9.51. The van der Waals surface area contributed by atoms with Gasteiger partial charge >= 0.3 is 11.8 Å². The van der Waals surface area contributed by atoms with Gasteiger partial charge in [0, 0.05) is 32.8 Å². The van der Waals surface area contributed by atoms with Crippen molar-refractivity contribution >= 4 is 29.3 Å². The zero-order chi connectivity index (χ0) is 25.8. The molecule has 2 saturated heterocycles. The van der Waals surface area contributed by atoms with E-state index in [1.54, 1.807) is 11.8 Å². The van der Waals surface area contributed by atoms with Gasteiger partial charge in [-0.05, 0) is 54.7 Å². The minimum absolute atomic E-state index is 0.114. The number of hydrogen-bond acceptors (Lipinski definition) is 5. The molecule has 2 fully saturated rings. The Hall–Kier alpha value is -3.75. The molecule has 2 unspecified atom stereocenters. The van der Waals surface area contributed by atoms with Crippen molar-refractivity contribution in [1.29, 1.82) is 0 Å². The number of nitrogens with zero attached hydrogens (tertiary/aromatic N) is 3. The SMILES string of the molecule is CC(=O)N1CCC(c2cccc(C3CCC(C)CN3C(=O)C(=O)Nc3cncc(C(N)=O)c3)c2)CC1. The molecule has 0 bridgehead atoms. The summed E-state index contributed by atoms with van der Waals surface area (Å²) in [4.78, 5) is 56.8. The number of carbonyl (C=O) groups is 4. The van der Waals surface area contributed by atoms with E-state index < -0.39 is 17.7 Å². The molecular weight excluding hydrogens is 458 g/mol. The third-order valence-corrected chi connectivity index (χ3v) is 7.26. The number of rotatable bonds is 4. The molecule has 0 aliphatic carbocycles. The Balaban J connectivity index is 1.50. The first kappa shape index (κ1) is 25.3. The summed E-state index contributed by atoms with van der Waals surface area (Å²) < 4.78 is 0. The highest BCUT2D eigenvalue weighted by atomic mass is 16.2. The number of carbonyl (C=O) groups excluding carboxylic acids is 4. The third-order valence-electron chi connectivity index (χ3n) is 7.26. The summed E-state index contributed by atoms with van der Waals surface area (Å²) in [6.07, 6.45) is 6.23. The third kappa shape index (κ3) is 5.72. The van der Waals surface area contributed by atoms with Gasteiger partial charge in [0.2, 0.25) is 11.8 Å². The van der Waals surface area contributed by atoms with Crippen LogP contribution in [0.15, 0.2) is 42.7 Å². The Labute approximate surface area is 211 Å². The number of aromatic nitrogens is 1. The number of anilines is 1. The van der Waals surface area contributed by atoms with Crippen LogP contribution in [0.4, 0.5) is 5.69 Å². The number of pyridine rings is 1. The van der Waals surface area contributed by atoms with Crippen molar-refractivity contribution in [2.45, 2.75) is 51.5 Å². The number of benzene rings is 1. The molecular formula is C27H33N5O4. The molecule has 190 valence electrons. The smallest absolute Gasteiger partial charge is 0.313 e. The Bertz CT molecular complexity index is 1160. The maximum absolute atomic E-state index is 13.3. The highest BCUT2D eigenvalue weighted by Gasteiger charge is 2.34. The van der Waals surface area contributed by atoms with Gasteiger partial charge in [0.25, 0.3) is 0 Å². The zero-order valence-electron chi connectivity index (χ0n) is 20.8. The van der Waals surface area contributed by atoms with Crippen LogP contribution in [0.3, 0.4) is 0 Å². The van der Waals surface area contributed by atoms with Gasteiger partial charge in [-0.2, -0.15) is 0 Å². The van der Waals surface area contributed by atoms with Crippen molar-refractivity contribution in [3.8, 4) is 0 Å². The van der Waals surface area contributed by atoms with E-state index in [2.05, 4.69) is 29.4 Å². The summed E-state index contributed by atoms with van der Waals surface area (Å²) in [5.41, 5.74) is 7.91. The monoisotopic (exact) mass is 491 g/mol. The van der Waals surface area contributed by atoms with Crippen LogP contribution in [0.5, 0.6) is 0 Å². The zero-order valence-corrected chi connectivity index (χ0v) is 20.8. The van der Waals surface area contributed by atoms with Gasteiger partial charge in [0.05, 0.1) is 23.5 Å². The second-order valence-electron chi connectivity index (χ2n) is 9.89. The Kier molecular flexibility index (Phi) is 7.67. The minimum Gasteiger partial charge on any atom is -0.366 e. The van der Waals surface area contributed by atoms with Gasteiger partial charge in [-0.15, -0.1) is 0 Å². The quantitative estimate of drug-likeness (QED) is 0.636. The molecule has 3 heterocycles. The van der Waals surface area contributed by atoms with E-state index >= 15 is 0 Å². The van der Waals surface area contributed by atoms with Crippen LogP contribution in [0, 0.1) is 5.92 Å². The fourth-order valence-corrected chi connectivity index (χ4v) is 5.23. The molecule has 4 rings (SSSR count). The highest BCUT2D eigenvalue weighted by Crippen LogP contribution is 2.36. The first-order valence-electron chi connectivity index (χ1n) is 12.4. The van der Waals surface area contributed by atoms with Crippen LogP contribution in [0.1, 0.15) is 73.0 Å². The normalized spacial score (nSPS) is 20.6. The molecule has 4 amide bonds. The Morgan fingerprint density at radius 3 is 2.42 bits per heavy atom. The van der Waals surface area contributed by atoms with Crippen LogP contribution < -0.4 is 11.1 Å². The van der Waals surface area contributed by atoms with Crippen LogP contribution in [0.25, 0.3) is 0 Å². The first-order valence-corrected chi connectivity index (χ1v) is 12.4. The summed E-state index contributed by atoms with van der Waals surface area (Å²) in [7, 11) is 0. The number of amides is 4. The molecule has 2 atom stereocenters. The van der Waals surface area contributed by atoms with E-state index in [-0.39, 0.29) is 29.1 Å². The molecule has 0 radical (unpaired) electrons. The molecule has 36 heavy (non-hydrogen) atoms. The van der Waals surface area contributed by atoms with Crippen LogP contribution in [-0.4, -0.2) is 58.0 Å². The number of nitrogens with two attached hydrogens (primary N) is 1. The second-order valence-corrected chi connectivity index (χ2v) is 9.89. The van der Waals surface area contributed by atoms with E-state index in [4.69, 9.17) is 5.73 Å². The molecule has 1 aromatic carbocycles. The number of primary amides is 1. The standard InChI is InChI=1S/C27H33N5O4/c1-17-6-7-24(21-5-3-4-20(12-21)19-8-10-31(11-9-19)18(2)33)32(16-17)27(36)26(35)30-23-13-22(25(28)34)14-29-15-23/h3-5,12-15,17,19,24H,6-11,16H2,1-2H3,(H2,28,34)(H,30,35). The lowest BCUT2D eigenvalue weighted by Gasteiger charge is -2.39. The number of nitrogens with one attached hydrogen (secondary N) is 1. The number of piperidine rings is 2. The van der Waals surface area contributed by atoms with Crippen molar-refractivity contribution in [1.82, 2.24) is 14.8 Å². The molecule has 0 saturated carbocycles. The van der Waals surface area contributed by atoms with Crippen LogP contribution in [-0.2, 0) is 14.4 Å². The van der Waals surface area contributed by atoms with E-state index in [0.717, 1.165) is 44.3 Å². The maximum atomic E-state index is 13.3. The van der Waals surface area contributed by atoms with Gasteiger partial charge in [-0.25, -0.2) is 0 Å². The summed E-state index contributed by atoms with van der Waals surface area (Å²) >= 11 is 0. The van der Waals surface area contributed by atoms with E-state index in [1.165, 1.54) is 24.0 Å². The number of likely N-dealkylation sites (tertiary alicyclic amines) is 2. The fraction of sp³-hybridized carbons (Fsp3) is 0.444. The molecule has 0 spiro atoms. The average molecular weight is 492 g/mol. The molecule has 1 aromatic heterocycles. The van der Waals surface area contributed by atoms with Gasteiger partial charge in [0.15, 0.2) is 0 Å². The van der Waals surface area contributed by atoms with Crippen LogP contribution >= 0.6 is 0 Å².